The minimum Gasteiger partial charge on any atom is -0.353 e. The predicted octanol–water partition coefficient (Wildman–Crippen LogP) is 2.14. The largest absolute Gasteiger partial charge is 0.353 e. The van der Waals surface area contributed by atoms with E-state index in [1.807, 2.05) is 19.0 Å². The van der Waals surface area contributed by atoms with Crippen molar-refractivity contribution in [2.45, 2.75) is 43.9 Å². The summed E-state index contributed by atoms with van der Waals surface area (Å²) in [6.07, 6.45) is 3.96. The molecule has 2 fully saturated rings. The monoisotopic (exact) mass is 395 g/mol. The maximum Gasteiger partial charge on any atom is 0.259 e. The van der Waals surface area contributed by atoms with Gasteiger partial charge in [-0.2, -0.15) is 0 Å². The molecule has 2 aliphatic rings. The van der Waals surface area contributed by atoms with Gasteiger partial charge in [-0.15, -0.1) is 0 Å². The fourth-order valence-corrected chi connectivity index (χ4v) is 3.98. The van der Waals surface area contributed by atoms with Crippen LogP contribution in [-0.2, 0) is 9.53 Å². The second kappa shape index (κ2) is 8.53. The number of carbonyl (C=O) groups is 2. The number of hydrogen-bond acceptors (Lipinski definition) is 4. The number of likely N-dealkylation sites (N-methyl/N-ethyl adjacent to an activating group) is 1. The van der Waals surface area contributed by atoms with Crippen LogP contribution in [-0.4, -0.2) is 67.2 Å². The Bertz CT molecular complexity index is 735. The molecule has 1 saturated heterocycles. The Morgan fingerprint density at radius 2 is 1.96 bits per heavy atom. The Hall–Kier alpha value is -2.06. The number of benzene rings is 1. The van der Waals surface area contributed by atoms with Gasteiger partial charge in [0.15, 0.2) is 0 Å². The zero-order valence-corrected chi connectivity index (χ0v) is 16.3. The average Bonchev–Trinajstić information content (AvgIpc) is 3.00. The molecule has 1 aromatic rings. The fraction of sp³-hybridized carbons (Fsp3) is 0.600. The molecule has 0 bridgehead atoms. The zero-order chi connectivity index (χ0) is 20.3. The van der Waals surface area contributed by atoms with Crippen LogP contribution < -0.4 is 5.32 Å². The molecule has 154 valence electrons. The van der Waals surface area contributed by atoms with E-state index in [9.17, 15) is 18.4 Å². The standard InChI is InChI=1S/C20H27F2N3O3/c1-24(2)11-10-23-18(26)17-13-28-20(8-4-3-5-9-20)25(17)19(27)15-7-6-14(21)12-16(15)22/h6-7,12,17H,3-5,8-11,13H2,1-2H3,(H,23,26)/t17-/m0/s1. The third-order valence-corrected chi connectivity index (χ3v) is 5.44. The van der Waals surface area contributed by atoms with Gasteiger partial charge in [0.1, 0.15) is 23.4 Å². The first-order chi connectivity index (χ1) is 13.3. The average molecular weight is 395 g/mol. The van der Waals surface area contributed by atoms with Gasteiger partial charge in [0.05, 0.1) is 12.2 Å². The summed E-state index contributed by atoms with van der Waals surface area (Å²) in [4.78, 5) is 29.4. The lowest BCUT2D eigenvalue weighted by Crippen LogP contribution is -2.56. The fourth-order valence-electron chi connectivity index (χ4n) is 3.98. The number of ether oxygens (including phenoxy) is 1. The molecule has 1 aliphatic carbocycles. The summed E-state index contributed by atoms with van der Waals surface area (Å²) in [7, 11) is 3.80. The van der Waals surface area contributed by atoms with Crippen molar-refractivity contribution in [3.05, 3.63) is 35.4 Å². The van der Waals surface area contributed by atoms with E-state index in [1.165, 1.54) is 4.90 Å². The van der Waals surface area contributed by atoms with Gasteiger partial charge in [-0.05, 0) is 51.9 Å². The van der Waals surface area contributed by atoms with Crippen LogP contribution >= 0.6 is 0 Å². The highest BCUT2D eigenvalue weighted by molar-refractivity contribution is 5.98. The van der Waals surface area contributed by atoms with Crippen LogP contribution in [0.2, 0.25) is 0 Å². The number of halogens is 2. The molecule has 1 heterocycles. The van der Waals surface area contributed by atoms with Crippen LogP contribution in [0.5, 0.6) is 0 Å². The number of rotatable bonds is 5. The van der Waals surface area contributed by atoms with E-state index < -0.39 is 29.3 Å². The summed E-state index contributed by atoms with van der Waals surface area (Å²) >= 11 is 0. The summed E-state index contributed by atoms with van der Waals surface area (Å²) in [5.74, 6) is -2.64. The van der Waals surface area contributed by atoms with Crippen molar-refractivity contribution >= 4 is 11.8 Å². The van der Waals surface area contributed by atoms with E-state index in [-0.39, 0.29) is 18.1 Å². The van der Waals surface area contributed by atoms with Crippen molar-refractivity contribution < 1.29 is 23.1 Å². The summed E-state index contributed by atoms with van der Waals surface area (Å²) in [5, 5.41) is 2.83. The first-order valence-corrected chi connectivity index (χ1v) is 9.69. The van der Waals surface area contributed by atoms with E-state index in [4.69, 9.17) is 4.74 Å². The third kappa shape index (κ3) is 4.17. The lowest BCUT2D eigenvalue weighted by atomic mass is 9.89. The van der Waals surface area contributed by atoms with E-state index in [0.29, 0.717) is 32.0 Å². The molecule has 1 spiro atoms. The molecule has 6 nitrogen and oxygen atoms in total. The van der Waals surface area contributed by atoms with Gasteiger partial charge in [-0.25, -0.2) is 8.78 Å². The van der Waals surface area contributed by atoms with E-state index in [1.54, 1.807) is 0 Å². The molecular formula is C20H27F2N3O3. The van der Waals surface area contributed by atoms with Crippen molar-refractivity contribution in [1.29, 1.82) is 0 Å². The van der Waals surface area contributed by atoms with Crippen LogP contribution in [0, 0.1) is 11.6 Å². The van der Waals surface area contributed by atoms with Crippen LogP contribution in [0.1, 0.15) is 42.5 Å². The molecule has 2 amide bonds. The second-order valence-corrected chi connectivity index (χ2v) is 7.73. The summed E-state index contributed by atoms with van der Waals surface area (Å²) < 4.78 is 33.6. The highest BCUT2D eigenvalue weighted by atomic mass is 19.1. The second-order valence-electron chi connectivity index (χ2n) is 7.73. The van der Waals surface area contributed by atoms with Gasteiger partial charge < -0.3 is 15.0 Å². The molecule has 1 aromatic carbocycles. The Kier molecular flexibility index (Phi) is 6.30. The van der Waals surface area contributed by atoms with Crippen LogP contribution in [0.4, 0.5) is 8.78 Å². The maximum absolute atomic E-state index is 14.3. The van der Waals surface area contributed by atoms with Gasteiger partial charge >= 0.3 is 0 Å². The quantitative estimate of drug-likeness (QED) is 0.830. The lowest BCUT2D eigenvalue weighted by Gasteiger charge is -2.41. The van der Waals surface area contributed by atoms with Crippen LogP contribution in [0.15, 0.2) is 18.2 Å². The molecule has 0 unspecified atom stereocenters. The van der Waals surface area contributed by atoms with Crippen LogP contribution in [0.25, 0.3) is 0 Å². The number of nitrogens with one attached hydrogen (secondary N) is 1. The van der Waals surface area contributed by atoms with Gasteiger partial charge in [-0.3, -0.25) is 14.5 Å². The maximum atomic E-state index is 14.3. The third-order valence-electron chi connectivity index (χ3n) is 5.44. The topological polar surface area (TPSA) is 61.9 Å². The first kappa shape index (κ1) is 20.7. The van der Waals surface area contributed by atoms with Crippen molar-refractivity contribution in [3.63, 3.8) is 0 Å². The SMILES string of the molecule is CN(C)CCNC(=O)[C@@H]1COC2(CCCCC2)N1C(=O)c1ccc(F)cc1F. The van der Waals surface area contributed by atoms with Crippen molar-refractivity contribution in [3.8, 4) is 0 Å². The minimum atomic E-state index is -0.936. The number of carbonyl (C=O) groups excluding carboxylic acids is 2. The number of amides is 2. The molecule has 1 atom stereocenters. The van der Waals surface area contributed by atoms with Gasteiger partial charge in [0, 0.05) is 19.2 Å². The Labute approximate surface area is 163 Å². The molecule has 1 saturated carbocycles. The summed E-state index contributed by atoms with van der Waals surface area (Å²) in [6, 6.07) is 2.02. The molecule has 3 rings (SSSR count). The van der Waals surface area contributed by atoms with Crippen molar-refractivity contribution in [1.82, 2.24) is 15.1 Å². The molecule has 1 aliphatic heterocycles. The van der Waals surface area contributed by atoms with Gasteiger partial charge in [0.2, 0.25) is 5.91 Å². The number of hydrogen-bond donors (Lipinski definition) is 1. The molecule has 0 aromatic heterocycles. The van der Waals surface area contributed by atoms with Crippen LogP contribution in [0.3, 0.4) is 0 Å². The van der Waals surface area contributed by atoms with Gasteiger partial charge in [-0.1, -0.05) is 6.42 Å². The van der Waals surface area contributed by atoms with Gasteiger partial charge in [0.25, 0.3) is 5.91 Å². The Balaban J connectivity index is 1.87. The molecule has 28 heavy (non-hydrogen) atoms. The molecule has 0 radical (unpaired) electrons. The van der Waals surface area contributed by atoms with Crippen molar-refractivity contribution in [2.75, 3.05) is 33.8 Å². The summed E-state index contributed by atoms with van der Waals surface area (Å²) in [5.41, 5.74) is -1.15. The van der Waals surface area contributed by atoms with E-state index in [0.717, 1.165) is 31.4 Å². The summed E-state index contributed by atoms with van der Waals surface area (Å²) in [6.45, 7) is 1.16. The highest BCUT2D eigenvalue weighted by Crippen LogP contribution is 2.41. The van der Waals surface area contributed by atoms with E-state index >= 15 is 0 Å². The molecular weight excluding hydrogens is 368 g/mol. The Morgan fingerprint density at radius 3 is 2.61 bits per heavy atom. The zero-order valence-electron chi connectivity index (χ0n) is 16.3. The normalized spacial score (nSPS) is 21.3. The lowest BCUT2D eigenvalue weighted by molar-refractivity contribution is -0.127. The molecule has 8 heteroatoms. The smallest absolute Gasteiger partial charge is 0.259 e. The Morgan fingerprint density at radius 1 is 1.25 bits per heavy atom. The van der Waals surface area contributed by atoms with E-state index in [2.05, 4.69) is 5.32 Å². The predicted molar refractivity (Wildman–Crippen MR) is 99.6 cm³/mol. The minimum absolute atomic E-state index is 0.0718. The van der Waals surface area contributed by atoms with Crippen molar-refractivity contribution in [2.24, 2.45) is 0 Å². The molecule has 1 N–H and O–H groups in total. The first-order valence-electron chi connectivity index (χ1n) is 9.69. The highest BCUT2D eigenvalue weighted by Gasteiger charge is 2.53. The number of nitrogens with zero attached hydrogens (tertiary/aromatic N) is 2.